The van der Waals surface area contributed by atoms with Gasteiger partial charge in [-0.15, -0.1) is 11.0 Å². The first-order valence-corrected chi connectivity index (χ1v) is 15.5. The molecule has 2 aliphatic heterocycles. The fourth-order valence-electron chi connectivity index (χ4n) is 6.73. The molecule has 41 heavy (non-hydrogen) atoms. The number of aryl methyl sites for hydroxylation is 4. The molecule has 0 fully saturated rings. The Morgan fingerprint density at radius 1 is 0.439 bits per heavy atom. The summed E-state index contributed by atoms with van der Waals surface area (Å²) in [5, 5.41) is 0. The minimum Gasteiger partial charge on any atom is -0.657 e. The molecule has 2 aliphatic rings. The first-order chi connectivity index (χ1) is 19.5. The van der Waals surface area contributed by atoms with E-state index < -0.39 is 0 Å². The van der Waals surface area contributed by atoms with Gasteiger partial charge in [0.2, 0.25) is 0 Å². The zero-order chi connectivity index (χ0) is 28.6. The zero-order valence-electron chi connectivity index (χ0n) is 25.9. The Kier molecular flexibility index (Phi) is 9.90. The maximum Gasteiger partial charge on any atom is 2.00 e. The zero-order valence-corrected chi connectivity index (χ0v) is 28.2. The van der Waals surface area contributed by atoms with Gasteiger partial charge in [-0.05, 0) is 96.4 Å². The Hall–Kier alpha value is -2.78. The van der Waals surface area contributed by atoms with Crippen LogP contribution in [-0.2, 0) is 46.7 Å². The van der Waals surface area contributed by atoms with Crippen molar-refractivity contribution in [2.75, 3.05) is 0 Å². The third-order valence-electron chi connectivity index (χ3n) is 8.65. The molecule has 0 unspecified atom stereocenters. The van der Waals surface area contributed by atoms with Crippen molar-refractivity contribution in [2.45, 2.75) is 107 Å². The smallest absolute Gasteiger partial charge is 0.657 e. The molecule has 3 aromatic rings. The summed E-state index contributed by atoms with van der Waals surface area (Å²) in [7, 11) is 0. The second kappa shape index (κ2) is 13.0. The van der Waals surface area contributed by atoms with Gasteiger partial charge in [0.05, 0.1) is 22.9 Å². The van der Waals surface area contributed by atoms with Crippen molar-refractivity contribution in [1.29, 1.82) is 0 Å². The van der Waals surface area contributed by atoms with Crippen LogP contribution < -0.4 is 9.97 Å². The second-order valence-electron chi connectivity index (χ2n) is 10.6. The maximum absolute atomic E-state index is 5.23. The number of allylic oxidation sites excluding steroid dienone is 4. The summed E-state index contributed by atoms with van der Waals surface area (Å²) in [5.41, 5.74) is 17.2. The molecule has 0 saturated heterocycles. The summed E-state index contributed by atoms with van der Waals surface area (Å²) in [6.45, 7) is 17.8. The van der Waals surface area contributed by atoms with Crippen LogP contribution in [0.15, 0.2) is 18.2 Å². The van der Waals surface area contributed by atoms with E-state index in [9.17, 15) is 0 Å². The van der Waals surface area contributed by atoms with E-state index in [1.54, 1.807) is 0 Å². The molecule has 6 heteroatoms. The van der Waals surface area contributed by atoms with Gasteiger partial charge in [-0.1, -0.05) is 84.3 Å². The van der Waals surface area contributed by atoms with Crippen LogP contribution in [0.4, 0.5) is 0 Å². The number of nitrogens with zero attached hydrogens (tertiary/aromatic N) is 5. The van der Waals surface area contributed by atoms with Crippen molar-refractivity contribution in [2.24, 2.45) is 0 Å². The molecule has 0 aromatic carbocycles. The van der Waals surface area contributed by atoms with Crippen molar-refractivity contribution in [3.63, 3.8) is 0 Å². The first kappa shape index (κ1) is 31.2. The molecule has 5 heterocycles. The summed E-state index contributed by atoms with van der Waals surface area (Å²) in [6.07, 6.45) is 7.34. The van der Waals surface area contributed by atoms with Gasteiger partial charge in [0.25, 0.3) is 0 Å². The number of hydrogen-bond donors (Lipinski definition) is 0. The number of fused-ring (bicyclic) bond motifs is 8. The van der Waals surface area contributed by atoms with Crippen molar-refractivity contribution < 1.29 is 21.1 Å². The Balaban J connectivity index is 0.00000387. The molecule has 0 saturated carbocycles. The van der Waals surface area contributed by atoms with Crippen molar-refractivity contribution >= 4 is 44.5 Å². The maximum atomic E-state index is 5.23. The Morgan fingerprint density at radius 2 is 0.829 bits per heavy atom. The number of rotatable bonds is 8. The first-order valence-electron chi connectivity index (χ1n) is 15.5. The molecule has 0 aliphatic carbocycles. The molecular weight excluding hydrogens is 685 g/mol. The third-order valence-corrected chi connectivity index (χ3v) is 8.65. The van der Waals surface area contributed by atoms with Gasteiger partial charge in [0, 0.05) is 0 Å². The molecule has 3 aromatic heterocycles. The topological polar surface area (TPSA) is 66.9 Å². The molecular formula is C35H43N5Pt. The summed E-state index contributed by atoms with van der Waals surface area (Å²) < 4.78 is 0. The molecule has 8 bridgehead atoms. The van der Waals surface area contributed by atoms with Crippen LogP contribution in [0.25, 0.3) is 44.5 Å². The van der Waals surface area contributed by atoms with Crippen molar-refractivity contribution in [3.8, 4) is 0 Å². The van der Waals surface area contributed by atoms with E-state index in [1.807, 2.05) is 0 Å². The van der Waals surface area contributed by atoms with Crippen LogP contribution in [0.2, 0.25) is 0 Å². The normalized spacial score (nSPS) is 13.3. The second-order valence-corrected chi connectivity index (χ2v) is 10.6. The van der Waals surface area contributed by atoms with E-state index >= 15 is 0 Å². The molecule has 5 nitrogen and oxygen atoms in total. The van der Waals surface area contributed by atoms with Gasteiger partial charge >= 0.3 is 21.1 Å². The van der Waals surface area contributed by atoms with Gasteiger partial charge in [-0.2, -0.15) is 0 Å². The van der Waals surface area contributed by atoms with Crippen LogP contribution in [0.3, 0.4) is 0 Å². The van der Waals surface area contributed by atoms with Crippen molar-refractivity contribution in [3.05, 3.63) is 63.4 Å². The van der Waals surface area contributed by atoms with E-state index in [4.69, 9.17) is 24.9 Å². The predicted octanol–water partition coefficient (Wildman–Crippen LogP) is 8.68. The standard InChI is InChI=1S/C35H43N5.Pt/c1-9-20-22(11-3)30-18-32-24(13-5)26(15-7)34(38-32)40-35-27(16-8)25(14-6)33(39-35)19-31-23(12-4)21(10-2)29(37-31)17-28(20)36-30;/h17-19H,9-16H2,1-8H3;/q-2;+2. The van der Waals surface area contributed by atoms with E-state index in [1.165, 1.54) is 44.5 Å². The number of hydrogen-bond acceptors (Lipinski definition) is 3. The summed E-state index contributed by atoms with van der Waals surface area (Å²) >= 11 is 0. The summed E-state index contributed by atoms with van der Waals surface area (Å²) in [4.78, 5) is 25.9. The molecule has 0 radical (unpaired) electrons. The molecule has 5 rings (SSSR count). The Labute approximate surface area is 259 Å². The van der Waals surface area contributed by atoms with E-state index in [0.717, 1.165) is 96.5 Å². The fraction of sp³-hybridized carbons (Fsp3) is 0.457. The van der Waals surface area contributed by atoms with Crippen LogP contribution in [-0.4, -0.2) is 15.0 Å². The fourth-order valence-corrected chi connectivity index (χ4v) is 6.73. The molecule has 0 atom stereocenters. The van der Waals surface area contributed by atoms with Gasteiger partial charge in [-0.25, -0.2) is 4.98 Å². The average Bonchev–Trinajstić information content (AvgIpc) is 3.67. The minimum atomic E-state index is 0. The van der Waals surface area contributed by atoms with Crippen LogP contribution >= 0.6 is 0 Å². The Morgan fingerprint density at radius 3 is 1.27 bits per heavy atom. The van der Waals surface area contributed by atoms with Gasteiger partial charge < -0.3 is 15.0 Å². The summed E-state index contributed by atoms with van der Waals surface area (Å²) in [6, 6.07) is 6.64. The van der Waals surface area contributed by atoms with Gasteiger partial charge in [0.1, 0.15) is 0 Å². The number of aromatic nitrogens is 5. The SMILES string of the molecule is CCC1=C(CC)c2cc3[n-]c(nc4nc(cc5[n-]c(cc1n2)c(CC)c5CC)C(CC)=C4CC)c(CC)c3CC.[Pt+2]. The van der Waals surface area contributed by atoms with E-state index in [-0.39, 0.29) is 21.1 Å². The van der Waals surface area contributed by atoms with Crippen LogP contribution in [0.1, 0.15) is 126 Å². The third kappa shape index (κ3) is 5.31. The molecule has 0 amide bonds. The van der Waals surface area contributed by atoms with E-state index in [0.29, 0.717) is 0 Å². The van der Waals surface area contributed by atoms with Crippen LogP contribution in [0, 0.1) is 0 Å². The molecule has 0 N–H and O–H groups in total. The predicted molar refractivity (Wildman–Crippen MR) is 169 cm³/mol. The van der Waals surface area contributed by atoms with E-state index in [2.05, 4.69) is 73.6 Å². The van der Waals surface area contributed by atoms with Gasteiger partial charge in [0.15, 0.2) is 0 Å². The average molecular weight is 729 g/mol. The largest absolute Gasteiger partial charge is 2.00 e. The molecule has 0 spiro atoms. The van der Waals surface area contributed by atoms with Crippen LogP contribution in [0.5, 0.6) is 0 Å². The van der Waals surface area contributed by atoms with Gasteiger partial charge in [-0.3, -0.25) is 4.98 Å². The van der Waals surface area contributed by atoms with Crippen molar-refractivity contribution in [1.82, 2.24) is 24.9 Å². The minimum absolute atomic E-state index is 0. The Bertz CT molecular complexity index is 1440. The quantitative estimate of drug-likeness (QED) is 0.232. The summed E-state index contributed by atoms with van der Waals surface area (Å²) in [5.74, 6) is 0.808. The monoisotopic (exact) mass is 728 g/mol. The molecule has 218 valence electrons.